The highest BCUT2D eigenvalue weighted by atomic mass is 16.5. The highest BCUT2D eigenvalue weighted by molar-refractivity contribution is 5.75. The Bertz CT molecular complexity index is 287. The number of rotatable bonds is 13. The summed E-state index contributed by atoms with van der Waals surface area (Å²) < 4.78 is 5.26. The van der Waals surface area contributed by atoms with Gasteiger partial charge in [0.2, 0.25) is 0 Å². The molecule has 0 unspecified atom stereocenters. The van der Waals surface area contributed by atoms with Gasteiger partial charge >= 0.3 is 5.97 Å². The minimum Gasteiger partial charge on any atom is -0.465 e. The van der Waals surface area contributed by atoms with Crippen molar-refractivity contribution in [2.24, 2.45) is 5.41 Å². The van der Waals surface area contributed by atoms with Crippen LogP contribution in [0.5, 0.6) is 0 Å². The Balaban J connectivity index is 3.21. The van der Waals surface area contributed by atoms with Crippen molar-refractivity contribution in [3.63, 3.8) is 0 Å². The molecule has 0 aromatic carbocycles. The van der Waals surface area contributed by atoms with Crippen molar-refractivity contribution in [2.45, 2.75) is 98.3 Å². The van der Waals surface area contributed by atoms with Crippen LogP contribution in [-0.4, -0.2) is 12.6 Å². The van der Waals surface area contributed by atoms with E-state index in [1.165, 1.54) is 64.2 Å². The van der Waals surface area contributed by atoms with Gasteiger partial charge in [0, 0.05) is 0 Å². The SMILES string of the molecule is CCCCC=CCCCCCCCCCOC(=O)C(C)(C)C. The summed E-state index contributed by atoms with van der Waals surface area (Å²) in [5, 5.41) is 0. The quantitative estimate of drug-likeness (QED) is 0.222. The van der Waals surface area contributed by atoms with Crippen molar-refractivity contribution in [2.75, 3.05) is 6.61 Å². The van der Waals surface area contributed by atoms with E-state index in [-0.39, 0.29) is 11.4 Å². The van der Waals surface area contributed by atoms with Crippen LogP contribution < -0.4 is 0 Å². The Hall–Kier alpha value is -0.790. The first-order valence-electron chi connectivity index (χ1n) is 9.30. The number of hydrogen-bond acceptors (Lipinski definition) is 2. The van der Waals surface area contributed by atoms with Crippen molar-refractivity contribution >= 4 is 5.97 Å². The predicted octanol–water partition coefficient (Wildman–Crippen LogP) is 6.44. The van der Waals surface area contributed by atoms with Gasteiger partial charge in [-0.15, -0.1) is 0 Å². The van der Waals surface area contributed by atoms with Gasteiger partial charge in [0.25, 0.3) is 0 Å². The van der Waals surface area contributed by atoms with Gasteiger partial charge in [0.05, 0.1) is 12.0 Å². The lowest BCUT2D eigenvalue weighted by Crippen LogP contribution is -2.23. The van der Waals surface area contributed by atoms with Crippen LogP contribution >= 0.6 is 0 Å². The molecule has 0 aromatic rings. The summed E-state index contributed by atoms with van der Waals surface area (Å²) in [7, 11) is 0. The van der Waals surface area contributed by atoms with E-state index in [4.69, 9.17) is 4.74 Å². The summed E-state index contributed by atoms with van der Waals surface area (Å²) in [6.45, 7) is 8.51. The van der Waals surface area contributed by atoms with Gasteiger partial charge in [-0.05, 0) is 46.5 Å². The summed E-state index contributed by atoms with van der Waals surface area (Å²) in [5.74, 6) is -0.0838. The molecule has 0 saturated heterocycles. The fourth-order valence-corrected chi connectivity index (χ4v) is 2.19. The number of hydrogen-bond donors (Lipinski definition) is 0. The first kappa shape index (κ1) is 21.2. The topological polar surface area (TPSA) is 26.3 Å². The summed E-state index contributed by atoms with van der Waals surface area (Å²) in [4.78, 5) is 11.6. The number of ether oxygens (including phenoxy) is 1. The van der Waals surface area contributed by atoms with Crippen LogP contribution in [0.4, 0.5) is 0 Å². The molecular formula is C20H38O2. The molecule has 0 bridgehead atoms. The van der Waals surface area contributed by atoms with Crippen molar-refractivity contribution in [3.8, 4) is 0 Å². The number of carbonyl (C=O) groups is 1. The lowest BCUT2D eigenvalue weighted by Gasteiger charge is -2.16. The maximum absolute atomic E-state index is 11.6. The Morgan fingerprint density at radius 2 is 1.32 bits per heavy atom. The maximum atomic E-state index is 11.6. The zero-order chi connectivity index (χ0) is 16.7. The Morgan fingerprint density at radius 1 is 0.818 bits per heavy atom. The molecule has 0 aliphatic heterocycles. The van der Waals surface area contributed by atoms with E-state index in [1.54, 1.807) is 0 Å². The predicted molar refractivity (Wildman–Crippen MR) is 96.0 cm³/mol. The van der Waals surface area contributed by atoms with Crippen LogP contribution in [0.25, 0.3) is 0 Å². The van der Waals surface area contributed by atoms with E-state index in [2.05, 4.69) is 19.1 Å². The average molecular weight is 311 g/mol. The van der Waals surface area contributed by atoms with Crippen LogP contribution in [0.2, 0.25) is 0 Å². The molecule has 2 nitrogen and oxygen atoms in total. The van der Waals surface area contributed by atoms with Crippen LogP contribution in [-0.2, 0) is 9.53 Å². The second-order valence-corrected chi connectivity index (χ2v) is 7.26. The smallest absolute Gasteiger partial charge is 0.311 e. The zero-order valence-electron chi connectivity index (χ0n) is 15.5. The fraction of sp³-hybridized carbons (Fsp3) is 0.850. The molecule has 0 heterocycles. The van der Waals surface area contributed by atoms with Crippen molar-refractivity contribution in [1.29, 1.82) is 0 Å². The van der Waals surface area contributed by atoms with E-state index < -0.39 is 0 Å². The number of unbranched alkanes of at least 4 members (excludes halogenated alkanes) is 9. The summed E-state index contributed by atoms with van der Waals surface area (Å²) in [6, 6.07) is 0. The van der Waals surface area contributed by atoms with Gasteiger partial charge in [-0.1, -0.05) is 64.0 Å². The van der Waals surface area contributed by atoms with E-state index in [0.29, 0.717) is 6.61 Å². The second kappa shape index (κ2) is 13.8. The monoisotopic (exact) mass is 310 g/mol. The molecule has 0 amide bonds. The van der Waals surface area contributed by atoms with Crippen molar-refractivity contribution < 1.29 is 9.53 Å². The Kier molecular flexibility index (Phi) is 13.3. The third-order valence-corrected chi connectivity index (χ3v) is 3.75. The highest BCUT2D eigenvalue weighted by Crippen LogP contribution is 2.15. The van der Waals surface area contributed by atoms with Gasteiger partial charge in [-0.2, -0.15) is 0 Å². The molecule has 2 heteroatoms. The molecule has 0 saturated carbocycles. The zero-order valence-corrected chi connectivity index (χ0v) is 15.5. The van der Waals surface area contributed by atoms with Gasteiger partial charge in [-0.3, -0.25) is 4.79 Å². The van der Waals surface area contributed by atoms with Crippen molar-refractivity contribution in [3.05, 3.63) is 12.2 Å². The van der Waals surface area contributed by atoms with Crippen LogP contribution in [0.15, 0.2) is 12.2 Å². The lowest BCUT2D eigenvalue weighted by atomic mass is 9.97. The summed E-state index contributed by atoms with van der Waals surface area (Å²) in [6.07, 6.45) is 18.5. The minimum absolute atomic E-state index is 0.0838. The van der Waals surface area contributed by atoms with Gasteiger partial charge in [0.1, 0.15) is 0 Å². The van der Waals surface area contributed by atoms with Gasteiger partial charge in [-0.25, -0.2) is 0 Å². The first-order valence-corrected chi connectivity index (χ1v) is 9.30. The Morgan fingerprint density at radius 3 is 1.86 bits per heavy atom. The highest BCUT2D eigenvalue weighted by Gasteiger charge is 2.22. The van der Waals surface area contributed by atoms with E-state index in [1.807, 2.05) is 20.8 Å². The molecule has 0 radical (unpaired) electrons. The molecule has 130 valence electrons. The molecule has 0 fully saturated rings. The molecule has 0 rings (SSSR count). The molecule has 0 aliphatic carbocycles. The fourth-order valence-electron chi connectivity index (χ4n) is 2.19. The summed E-state index contributed by atoms with van der Waals surface area (Å²) >= 11 is 0. The normalized spacial score (nSPS) is 12.0. The number of carbonyl (C=O) groups excluding carboxylic acids is 1. The molecule has 22 heavy (non-hydrogen) atoms. The largest absolute Gasteiger partial charge is 0.465 e. The van der Waals surface area contributed by atoms with Gasteiger partial charge in [0.15, 0.2) is 0 Å². The third-order valence-electron chi connectivity index (χ3n) is 3.75. The molecule has 0 N–H and O–H groups in total. The molecule has 0 aliphatic rings. The molecular weight excluding hydrogens is 272 g/mol. The molecule has 0 spiro atoms. The Labute approximate surface area is 138 Å². The summed E-state index contributed by atoms with van der Waals surface area (Å²) in [5.41, 5.74) is -0.370. The standard InChI is InChI=1S/C20H38O2/c1-5-6-7-8-9-10-11-12-13-14-15-16-17-18-22-19(21)20(2,3)4/h8-9H,5-7,10-18H2,1-4H3. The van der Waals surface area contributed by atoms with Crippen molar-refractivity contribution in [1.82, 2.24) is 0 Å². The third kappa shape index (κ3) is 14.2. The lowest BCUT2D eigenvalue weighted by molar-refractivity contribution is -0.153. The molecule has 0 atom stereocenters. The maximum Gasteiger partial charge on any atom is 0.311 e. The van der Waals surface area contributed by atoms with Gasteiger partial charge < -0.3 is 4.74 Å². The number of esters is 1. The van der Waals surface area contributed by atoms with E-state index in [0.717, 1.165) is 6.42 Å². The van der Waals surface area contributed by atoms with Crippen LogP contribution in [0.1, 0.15) is 98.3 Å². The average Bonchev–Trinajstić information content (AvgIpc) is 2.46. The van der Waals surface area contributed by atoms with Crippen LogP contribution in [0, 0.1) is 5.41 Å². The van der Waals surface area contributed by atoms with Crippen LogP contribution in [0.3, 0.4) is 0 Å². The second-order valence-electron chi connectivity index (χ2n) is 7.26. The molecule has 0 aromatic heterocycles. The van der Waals surface area contributed by atoms with E-state index >= 15 is 0 Å². The first-order chi connectivity index (χ1) is 10.5. The number of allylic oxidation sites excluding steroid dienone is 2. The minimum atomic E-state index is -0.370. The van der Waals surface area contributed by atoms with E-state index in [9.17, 15) is 4.79 Å².